The number of hydrogen-bond donors (Lipinski definition) is 1. The van der Waals surface area contributed by atoms with Crippen molar-refractivity contribution in [2.24, 2.45) is 0 Å². The summed E-state index contributed by atoms with van der Waals surface area (Å²) >= 11 is 0. The van der Waals surface area contributed by atoms with Gasteiger partial charge in [-0.3, -0.25) is 0 Å². The molecule has 0 unspecified atom stereocenters. The lowest BCUT2D eigenvalue weighted by atomic mass is 10.1. The summed E-state index contributed by atoms with van der Waals surface area (Å²) in [6.45, 7) is 3.74. The first-order valence-electron chi connectivity index (χ1n) is 4.33. The van der Waals surface area contributed by atoms with E-state index in [0.717, 1.165) is 16.8 Å². The molecule has 0 saturated heterocycles. The maximum Gasteiger partial charge on any atom is 0.257 e. The van der Waals surface area contributed by atoms with Crippen molar-refractivity contribution in [1.82, 2.24) is 10.1 Å². The minimum Gasteiger partial charge on any atom is -0.398 e. The third kappa shape index (κ3) is 2.27. The highest BCUT2D eigenvalue weighted by atomic mass is 35.5. The highest BCUT2D eigenvalue weighted by Gasteiger charge is 2.06. The number of hydrogen-bond acceptors (Lipinski definition) is 4. The van der Waals surface area contributed by atoms with E-state index in [1.165, 1.54) is 0 Å². The molecule has 0 aliphatic rings. The minimum absolute atomic E-state index is 0. The smallest absolute Gasteiger partial charge is 0.257 e. The fourth-order valence-electron chi connectivity index (χ4n) is 1.19. The van der Waals surface area contributed by atoms with Gasteiger partial charge in [0.25, 0.3) is 5.89 Å². The molecule has 0 atom stereocenters. The van der Waals surface area contributed by atoms with E-state index in [4.69, 9.17) is 10.3 Å². The van der Waals surface area contributed by atoms with Gasteiger partial charge in [0.1, 0.15) is 0 Å². The average Bonchev–Trinajstić information content (AvgIpc) is 2.57. The molecule has 80 valence electrons. The normalized spacial score (nSPS) is 9.73. The zero-order valence-electron chi connectivity index (χ0n) is 8.52. The summed E-state index contributed by atoms with van der Waals surface area (Å²) in [7, 11) is 0. The molecular weight excluding hydrogens is 214 g/mol. The molecule has 0 aliphatic carbocycles. The summed E-state index contributed by atoms with van der Waals surface area (Å²) in [4.78, 5) is 4.12. The Hall–Kier alpha value is -1.55. The maximum atomic E-state index is 5.77. The number of nitrogens with zero attached hydrogens (tertiary/aromatic N) is 2. The van der Waals surface area contributed by atoms with Gasteiger partial charge in [-0.05, 0) is 31.5 Å². The number of nitrogen functional groups attached to an aromatic ring is 1. The van der Waals surface area contributed by atoms with Crippen LogP contribution >= 0.6 is 12.4 Å². The third-order valence-electron chi connectivity index (χ3n) is 2.05. The summed E-state index contributed by atoms with van der Waals surface area (Å²) in [5.41, 5.74) is 8.41. The highest BCUT2D eigenvalue weighted by Crippen LogP contribution is 2.21. The first kappa shape index (κ1) is 11.5. The monoisotopic (exact) mass is 225 g/mol. The molecular formula is C10H12ClN3O. The molecule has 0 bridgehead atoms. The first-order valence-corrected chi connectivity index (χ1v) is 4.33. The van der Waals surface area contributed by atoms with Gasteiger partial charge in [0.05, 0.1) is 0 Å². The highest BCUT2D eigenvalue weighted by molar-refractivity contribution is 5.85. The van der Waals surface area contributed by atoms with Crippen molar-refractivity contribution >= 4 is 18.1 Å². The van der Waals surface area contributed by atoms with E-state index < -0.39 is 0 Å². The van der Waals surface area contributed by atoms with Crippen LogP contribution in [-0.2, 0) is 0 Å². The second-order valence-corrected chi connectivity index (χ2v) is 3.22. The summed E-state index contributed by atoms with van der Waals surface area (Å²) in [5.74, 6) is 1.13. The number of nitrogens with two attached hydrogens (primary N) is 1. The first-order chi connectivity index (χ1) is 6.66. The SMILES string of the molecule is Cc1noc(-c2ccc(C)c(N)c2)n1.Cl. The molecule has 4 nitrogen and oxygen atoms in total. The van der Waals surface area contributed by atoms with Gasteiger partial charge in [-0.1, -0.05) is 11.2 Å². The number of benzene rings is 1. The average molecular weight is 226 g/mol. The molecule has 0 radical (unpaired) electrons. The summed E-state index contributed by atoms with van der Waals surface area (Å²) in [6, 6.07) is 5.69. The Morgan fingerprint density at radius 1 is 1.27 bits per heavy atom. The lowest BCUT2D eigenvalue weighted by molar-refractivity contribution is 0.425. The number of anilines is 1. The van der Waals surface area contributed by atoms with Crippen molar-refractivity contribution in [3.63, 3.8) is 0 Å². The minimum atomic E-state index is 0. The molecule has 2 aromatic rings. The van der Waals surface area contributed by atoms with Crippen molar-refractivity contribution in [1.29, 1.82) is 0 Å². The van der Waals surface area contributed by atoms with Crippen molar-refractivity contribution < 1.29 is 4.52 Å². The molecule has 0 saturated carbocycles. The van der Waals surface area contributed by atoms with Crippen molar-refractivity contribution in [3.8, 4) is 11.5 Å². The zero-order valence-corrected chi connectivity index (χ0v) is 9.34. The van der Waals surface area contributed by atoms with Crippen LogP contribution in [0.15, 0.2) is 22.7 Å². The van der Waals surface area contributed by atoms with E-state index in [9.17, 15) is 0 Å². The van der Waals surface area contributed by atoms with Crippen LogP contribution < -0.4 is 5.73 Å². The Morgan fingerprint density at radius 2 is 2.00 bits per heavy atom. The topological polar surface area (TPSA) is 64.9 Å². The third-order valence-corrected chi connectivity index (χ3v) is 2.05. The van der Waals surface area contributed by atoms with Crippen LogP contribution in [0.4, 0.5) is 5.69 Å². The molecule has 0 aliphatic heterocycles. The van der Waals surface area contributed by atoms with Gasteiger partial charge in [-0.25, -0.2) is 0 Å². The zero-order chi connectivity index (χ0) is 10.1. The molecule has 1 heterocycles. The van der Waals surface area contributed by atoms with Gasteiger partial charge < -0.3 is 10.3 Å². The molecule has 0 fully saturated rings. The van der Waals surface area contributed by atoms with Crippen LogP contribution in [0.1, 0.15) is 11.4 Å². The Labute approximate surface area is 93.9 Å². The van der Waals surface area contributed by atoms with E-state index in [0.29, 0.717) is 11.7 Å². The van der Waals surface area contributed by atoms with Gasteiger partial charge in [0, 0.05) is 11.3 Å². The second-order valence-electron chi connectivity index (χ2n) is 3.22. The number of rotatable bonds is 1. The molecule has 2 rings (SSSR count). The fraction of sp³-hybridized carbons (Fsp3) is 0.200. The van der Waals surface area contributed by atoms with Gasteiger partial charge in [0.15, 0.2) is 5.82 Å². The lowest BCUT2D eigenvalue weighted by Gasteiger charge is -2.00. The summed E-state index contributed by atoms with van der Waals surface area (Å²) in [6.07, 6.45) is 0. The van der Waals surface area contributed by atoms with Crippen molar-refractivity contribution in [3.05, 3.63) is 29.6 Å². The van der Waals surface area contributed by atoms with Crippen LogP contribution in [0, 0.1) is 13.8 Å². The van der Waals surface area contributed by atoms with Crippen LogP contribution in [0.2, 0.25) is 0 Å². The Kier molecular flexibility index (Phi) is 3.31. The summed E-state index contributed by atoms with van der Waals surface area (Å²) in [5, 5.41) is 3.72. The lowest BCUT2D eigenvalue weighted by Crippen LogP contribution is -1.89. The molecule has 2 N–H and O–H groups in total. The molecule has 5 heteroatoms. The quantitative estimate of drug-likeness (QED) is 0.757. The second kappa shape index (κ2) is 4.31. The van der Waals surface area contributed by atoms with E-state index >= 15 is 0 Å². The van der Waals surface area contributed by atoms with E-state index in [1.54, 1.807) is 6.92 Å². The van der Waals surface area contributed by atoms with Crippen LogP contribution in [0.5, 0.6) is 0 Å². The number of aryl methyl sites for hydroxylation is 2. The number of aromatic nitrogens is 2. The largest absolute Gasteiger partial charge is 0.398 e. The maximum absolute atomic E-state index is 5.77. The Morgan fingerprint density at radius 3 is 2.53 bits per heavy atom. The molecule has 1 aromatic carbocycles. The molecule has 15 heavy (non-hydrogen) atoms. The predicted molar refractivity (Wildman–Crippen MR) is 60.9 cm³/mol. The molecule has 0 amide bonds. The van der Waals surface area contributed by atoms with E-state index in [2.05, 4.69) is 10.1 Å². The fourth-order valence-corrected chi connectivity index (χ4v) is 1.19. The van der Waals surface area contributed by atoms with Gasteiger partial charge in [0.2, 0.25) is 0 Å². The van der Waals surface area contributed by atoms with E-state index in [-0.39, 0.29) is 12.4 Å². The standard InChI is InChI=1S/C10H11N3O.ClH/c1-6-3-4-8(5-9(6)11)10-12-7(2)13-14-10;/h3-5H,11H2,1-2H3;1H. The van der Waals surface area contributed by atoms with Gasteiger partial charge in [-0.2, -0.15) is 4.98 Å². The predicted octanol–water partition coefficient (Wildman–Crippen LogP) is 2.36. The summed E-state index contributed by atoms with van der Waals surface area (Å²) < 4.78 is 5.03. The van der Waals surface area contributed by atoms with Crippen LogP contribution in [0.25, 0.3) is 11.5 Å². The van der Waals surface area contributed by atoms with Gasteiger partial charge >= 0.3 is 0 Å². The Balaban J connectivity index is 0.00000112. The Bertz CT molecular complexity index is 467. The van der Waals surface area contributed by atoms with E-state index in [1.807, 2.05) is 25.1 Å². The number of halogens is 1. The van der Waals surface area contributed by atoms with Crippen molar-refractivity contribution in [2.75, 3.05) is 5.73 Å². The van der Waals surface area contributed by atoms with Gasteiger partial charge in [-0.15, -0.1) is 12.4 Å². The molecule has 0 spiro atoms. The van der Waals surface area contributed by atoms with Crippen LogP contribution in [-0.4, -0.2) is 10.1 Å². The van der Waals surface area contributed by atoms with Crippen LogP contribution in [0.3, 0.4) is 0 Å². The molecule has 1 aromatic heterocycles. The van der Waals surface area contributed by atoms with Crippen molar-refractivity contribution in [2.45, 2.75) is 13.8 Å².